The maximum Gasteiger partial charge on any atom is 0.0812 e. The Labute approximate surface area is 91.5 Å². The summed E-state index contributed by atoms with van der Waals surface area (Å²) in [5, 5.41) is 0. The smallest absolute Gasteiger partial charge is 0.0812 e. The third kappa shape index (κ3) is 2.82. The Bertz CT molecular complexity index is 450. The fourth-order valence-corrected chi connectivity index (χ4v) is 1.74. The molecule has 0 aliphatic heterocycles. The molecule has 3 aromatic rings. The van der Waals surface area contributed by atoms with Gasteiger partial charge in [-0.05, 0) is 12.1 Å². The van der Waals surface area contributed by atoms with Crippen LogP contribution >= 0.6 is 11.3 Å². The van der Waals surface area contributed by atoms with Crippen molar-refractivity contribution >= 4 is 21.6 Å². The first-order valence-corrected chi connectivity index (χ1v) is 5.33. The van der Waals surface area contributed by atoms with Crippen molar-refractivity contribution in [2.45, 2.75) is 0 Å². The lowest BCUT2D eigenvalue weighted by Crippen LogP contribution is -1.66. The molecule has 3 nitrogen and oxygen atoms in total. The number of rotatable bonds is 0. The van der Waals surface area contributed by atoms with Gasteiger partial charge >= 0.3 is 0 Å². The third-order valence-electron chi connectivity index (χ3n) is 1.71. The van der Waals surface area contributed by atoms with Gasteiger partial charge in [0.15, 0.2) is 0 Å². The minimum absolute atomic E-state index is 1.10. The summed E-state index contributed by atoms with van der Waals surface area (Å²) in [7, 11) is 0. The highest BCUT2D eigenvalue weighted by Gasteiger charge is 1.89. The highest BCUT2D eigenvalue weighted by atomic mass is 32.1. The summed E-state index contributed by atoms with van der Waals surface area (Å²) in [6.07, 6.45) is 6.56. The molecule has 0 amide bonds. The molecule has 0 saturated heterocycles. The summed E-state index contributed by atoms with van der Waals surface area (Å²) in [6.45, 7) is 0. The van der Waals surface area contributed by atoms with E-state index in [1.165, 1.54) is 4.70 Å². The number of fused-ring (bicyclic) bond motifs is 1. The maximum atomic E-state index is 4.14. The molecule has 0 fully saturated rings. The second-order valence-electron chi connectivity index (χ2n) is 2.71. The minimum atomic E-state index is 1.10. The molecule has 74 valence electrons. The third-order valence-corrected chi connectivity index (χ3v) is 2.52. The average molecular weight is 215 g/mol. The van der Waals surface area contributed by atoms with Gasteiger partial charge in [-0.3, -0.25) is 9.97 Å². The molecular weight excluding hydrogens is 206 g/mol. The van der Waals surface area contributed by atoms with Crippen molar-refractivity contribution in [1.82, 2.24) is 15.0 Å². The molecule has 0 unspecified atom stereocenters. The van der Waals surface area contributed by atoms with E-state index in [0.717, 1.165) is 5.52 Å². The van der Waals surface area contributed by atoms with Crippen molar-refractivity contribution in [3.05, 3.63) is 54.6 Å². The molecule has 2 heterocycles. The molecule has 0 saturated carbocycles. The average Bonchev–Trinajstić information content (AvgIpc) is 2.80. The minimum Gasteiger partial charge on any atom is -0.262 e. The lowest BCUT2D eigenvalue weighted by atomic mass is 10.3. The van der Waals surface area contributed by atoms with Gasteiger partial charge in [0, 0.05) is 24.8 Å². The van der Waals surface area contributed by atoms with Crippen molar-refractivity contribution in [1.29, 1.82) is 0 Å². The summed E-state index contributed by atoms with van der Waals surface area (Å²) in [6, 6.07) is 8.13. The Hall–Kier alpha value is -1.81. The van der Waals surface area contributed by atoms with Crippen LogP contribution in [-0.4, -0.2) is 15.0 Å². The van der Waals surface area contributed by atoms with Gasteiger partial charge in [-0.15, -0.1) is 11.3 Å². The first kappa shape index (κ1) is 9.73. The molecule has 1 aromatic carbocycles. The first-order chi connectivity index (χ1) is 7.47. The van der Waals surface area contributed by atoms with Crippen LogP contribution in [0.4, 0.5) is 0 Å². The second-order valence-corrected chi connectivity index (χ2v) is 3.60. The summed E-state index contributed by atoms with van der Waals surface area (Å²) < 4.78 is 1.26. The molecular formula is C11H9N3S. The van der Waals surface area contributed by atoms with Crippen LogP contribution < -0.4 is 0 Å². The van der Waals surface area contributed by atoms with Crippen LogP contribution in [-0.2, 0) is 0 Å². The number of nitrogens with zero attached hydrogens (tertiary/aromatic N) is 3. The fraction of sp³-hybridized carbons (Fsp3) is 0. The Morgan fingerprint density at radius 1 is 0.867 bits per heavy atom. The molecule has 0 aliphatic carbocycles. The van der Waals surface area contributed by atoms with E-state index >= 15 is 0 Å². The Kier molecular flexibility index (Phi) is 3.35. The van der Waals surface area contributed by atoms with E-state index in [0.29, 0.717) is 0 Å². The molecule has 0 bridgehead atoms. The topological polar surface area (TPSA) is 38.7 Å². The van der Waals surface area contributed by atoms with Crippen LogP contribution in [0, 0.1) is 0 Å². The Balaban J connectivity index is 0.000000124. The maximum absolute atomic E-state index is 4.14. The van der Waals surface area contributed by atoms with Crippen molar-refractivity contribution in [3.8, 4) is 0 Å². The second kappa shape index (κ2) is 5.17. The summed E-state index contributed by atoms with van der Waals surface area (Å²) in [5.74, 6) is 0. The number of thiazole rings is 1. The number of benzene rings is 1. The molecule has 0 spiro atoms. The Morgan fingerprint density at radius 2 is 1.53 bits per heavy atom. The van der Waals surface area contributed by atoms with Crippen molar-refractivity contribution < 1.29 is 0 Å². The quantitative estimate of drug-likeness (QED) is 0.578. The standard InChI is InChI=1S/C7H5NS.C4H4N2/c1-2-4-7-6(3-1)8-5-9-7;1-2-6-4-3-5-1/h1-5H;1-4H. The predicted octanol–water partition coefficient (Wildman–Crippen LogP) is 2.77. The number of hydrogen-bond acceptors (Lipinski definition) is 4. The summed E-state index contributed by atoms with van der Waals surface area (Å²) in [4.78, 5) is 11.6. The lowest BCUT2D eigenvalue weighted by molar-refractivity contribution is 1.20. The lowest BCUT2D eigenvalue weighted by Gasteiger charge is -1.80. The van der Waals surface area contributed by atoms with Crippen molar-refractivity contribution in [2.75, 3.05) is 0 Å². The van der Waals surface area contributed by atoms with E-state index < -0.39 is 0 Å². The van der Waals surface area contributed by atoms with Crippen LogP contribution in [0.25, 0.3) is 10.2 Å². The van der Waals surface area contributed by atoms with Gasteiger partial charge in [-0.2, -0.15) is 0 Å². The molecule has 0 aliphatic rings. The highest BCUT2D eigenvalue weighted by molar-refractivity contribution is 7.16. The van der Waals surface area contributed by atoms with Gasteiger partial charge in [0.25, 0.3) is 0 Å². The molecule has 15 heavy (non-hydrogen) atoms. The monoisotopic (exact) mass is 215 g/mol. The van der Waals surface area contributed by atoms with Crippen molar-refractivity contribution in [2.24, 2.45) is 0 Å². The van der Waals surface area contributed by atoms with Crippen LogP contribution in [0.15, 0.2) is 54.6 Å². The van der Waals surface area contributed by atoms with E-state index in [1.807, 2.05) is 23.7 Å². The zero-order valence-electron chi connectivity index (χ0n) is 7.95. The van der Waals surface area contributed by atoms with E-state index in [-0.39, 0.29) is 0 Å². The number of hydrogen-bond donors (Lipinski definition) is 0. The van der Waals surface area contributed by atoms with Gasteiger partial charge in [0.2, 0.25) is 0 Å². The SMILES string of the molecule is c1ccc2scnc2c1.c1cnccn1. The van der Waals surface area contributed by atoms with Gasteiger partial charge in [-0.25, -0.2) is 4.98 Å². The molecule has 0 N–H and O–H groups in total. The summed E-state index contributed by atoms with van der Waals surface area (Å²) in [5.41, 5.74) is 2.97. The zero-order chi connectivity index (χ0) is 10.3. The molecule has 3 rings (SSSR count). The van der Waals surface area contributed by atoms with E-state index in [4.69, 9.17) is 0 Å². The largest absolute Gasteiger partial charge is 0.262 e. The van der Waals surface area contributed by atoms with Gasteiger partial charge in [0.1, 0.15) is 0 Å². The van der Waals surface area contributed by atoms with Crippen LogP contribution in [0.1, 0.15) is 0 Å². The molecule has 0 radical (unpaired) electrons. The van der Waals surface area contributed by atoms with Crippen LogP contribution in [0.3, 0.4) is 0 Å². The van der Waals surface area contributed by atoms with Gasteiger partial charge < -0.3 is 0 Å². The molecule has 0 atom stereocenters. The predicted molar refractivity (Wildman–Crippen MR) is 61.7 cm³/mol. The van der Waals surface area contributed by atoms with Crippen LogP contribution in [0.5, 0.6) is 0 Å². The van der Waals surface area contributed by atoms with E-state index in [9.17, 15) is 0 Å². The first-order valence-electron chi connectivity index (χ1n) is 4.45. The fourth-order valence-electron chi connectivity index (χ4n) is 1.06. The normalized spacial score (nSPS) is 9.33. The van der Waals surface area contributed by atoms with E-state index in [2.05, 4.69) is 21.0 Å². The van der Waals surface area contributed by atoms with E-state index in [1.54, 1.807) is 36.1 Å². The molecule has 2 aromatic heterocycles. The zero-order valence-corrected chi connectivity index (χ0v) is 8.76. The highest BCUT2D eigenvalue weighted by Crippen LogP contribution is 2.15. The summed E-state index contributed by atoms with van der Waals surface area (Å²) >= 11 is 1.68. The van der Waals surface area contributed by atoms with Crippen molar-refractivity contribution in [3.63, 3.8) is 0 Å². The Morgan fingerprint density at radius 3 is 2.13 bits per heavy atom. The van der Waals surface area contributed by atoms with Gasteiger partial charge in [0.05, 0.1) is 15.7 Å². The van der Waals surface area contributed by atoms with Crippen LogP contribution in [0.2, 0.25) is 0 Å². The molecule has 4 heteroatoms. The number of aromatic nitrogens is 3. The number of para-hydroxylation sites is 1. The van der Waals surface area contributed by atoms with Gasteiger partial charge in [-0.1, -0.05) is 12.1 Å².